The molecule has 7 heteroatoms. The van der Waals surface area contributed by atoms with Gasteiger partial charge in [-0.25, -0.2) is 0 Å². The number of halogens is 1. The van der Waals surface area contributed by atoms with Gasteiger partial charge in [-0.15, -0.1) is 0 Å². The maximum Gasteiger partial charge on any atom is 0.284 e. The first-order valence-corrected chi connectivity index (χ1v) is 4.51. The van der Waals surface area contributed by atoms with Crippen molar-refractivity contribution in [3.63, 3.8) is 0 Å². The molecule has 0 aliphatic carbocycles. The molecule has 0 spiro atoms. The van der Waals surface area contributed by atoms with E-state index in [2.05, 4.69) is 22.5 Å². The van der Waals surface area contributed by atoms with Crippen molar-refractivity contribution >= 4 is 33.4 Å². The molecule has 0 N–H and O–H groups in total. The molecule has 0 saturated heterocycles. The third-order valence-electron chi connectivity index (χ3n) is 1.70. The third kappa shape index (κ3) is 2.18. The first kappa shape index (κ1) is 11.3. The molecule has 0 fully saturated rings. The molecule has 1 aromatic carbocycles. The van der Waals surface area contributed by atoms with Crippen molar-refractivity contribution in [3.05, 3.63) is 49.0 Å². The highest BCUT2D eigenvalue weighted by atomic mass is 79.9. The number of hydrogen-bond acceptors (Lipinski definition) is 4. The van der Waals surface area contributed by atoms with E-state index in [9.17, 15) is 20.2 Å². The molecule has 0 saturated carbocycles. The molecule has 0 unspecified atom stereocenters. The summed E-state index contributed by atoms with van der Waals surface area (Å²) >= 11 is 2.97. The van der Waals surface area contributed by atoms with E-state index < -0.39 is 9.85 Å². The van der Waals surface area contributed by atoms with Crippen LogP contribution in [0.4, 0.5) is 11.4 Å². The van der Waals surface area contributed by atoms with Crippen LogP contribution in [0.2, 0.25) is 0 Å². The van der Waals surface area contributed by atoms with Crippen LogP contribution >= 0.6 is 15.9 Å². The highest BCUT2D eigenvalue weighted by Gasteiger charge is 2.23. The summed E-state index contributed by atoms with van der Waals surface area (Å²) in [6.45, 7) is 3.32. The van der Waals surface area contributed by atoms with Crippen molar-refractivity contribution in [1.29, 1.82) is 0 Å². The summed E-state index contributed by atoms with van der Waals surface area (Å²) in [4.78, 5) is 19.9. The molecule has 0 aliphatic heterocycles. The zero-order valence-electron chi connectivity index (χ0n) is 7.34. The molecule has 1 aromatic rings. The third-order valence-corrected chi connectivity index (χ3v) is 2.16. The highest BCUT2D eigenvalue weighted by Crippen LogP contribution is 2.33. The van der Waals surface area contributed by atoms with E-state index in [4.69, 9.17) is 0 Å². The van der Waals surface area contributed by atoms with Crippen LogP contribution in [0, 0.1) is 20.2 Å². The van der Waals surface area contributed by atoms with Gasteiger partial charge in [-0.05, 0) is 6.08 Å². The van der Waals surface area contributed by atoms with Crippen molar-refractivity contribution in [3.8, 4) is 0 Å². The van der Waals surface area contributed by atoms with Gasteiger partial charge in [0.1, 0.15) is 5.56 Å². The maximum atomic E-state index is 10.6. The first-order chi connectivity index (χ1) is 6.97. The summed E-state index contributed by atoms with van der Waals surface area (Å²) in [5, 5.41) is 21.2. The molecule has 1 rings (SSSR count). The summed E-state index contributed by atoms with van der Waals surface area (Å²) < 4.78 is 0.284. The van der Waals surface area contributed by atoms with Gasteiger partial charge in [-0.2, -0.15) is 0 Å². The highest BCUT2D eigenvalue weighted by molar-refractivity contribution is 9.10. The van der Waals surface area contributed by atoms with Crippen molar-refractivity contribution in [2.45, 2.75) is 0 Å². The Hall–Kier alpha value is -1.76. The lowest BCUT2D eigenvalue weighted by Crippen LogP contribution is -1.97. The largest absolute Gasteiger partial charge is 0.284 e. The Kier molecular flexibility index (Phi) is 3.15. The van der Waals surface area contributed by atoms with Gasteiger partial charge in [0.25, 0.3) is 11.4 Å². The van der Waals surface area contributed by atoms with E-state index in [0.29, 0.717) is 0 Å². The van der Waals surface area contributed by atoms with Crippen LogP contribution in [-0.4, -0.2) is 9.85 Å². The molecular formula is C8H5BrN2O4. The van der Waals surface area contributed by atoms with Crippen LogP contribution in [0.3, 0.4) is 0 Å². The average molecular weight is 273 g/mol. The quantitative estimate of drug-likeness (QED) is 0.625. The van der Waals surface area contributed by atoms with Gasteiger partial charge in [0, 0.05) is 16.6 Å². The minimum atomic E-state index is -0.686. The van der Waals surface area contributed by atoms with Crippen LogP contribution in [0.15, 0.2) is 23.2 Å². The molecule has 0 bridgehead atoms. The van der Waals surface area contributed by atoms with Gasteiger partial charge in [-0.3, -0.25) is 20.2 Å². The number of nitrogens with zero attached hydrogens (tertiary/aromatic N) is 2. The van der Waals surface area contributed by atoms with E-state index in [1.807, 2.05) is 0 Å². The molecule has 0 radical (unpaired) electrons. The Bertz CT molecular complexity index is 423. The first-order valence-electron chi connectivity index (χ1n) is 3.72. The van der Waals surface area contributed by atoms with Crippen molar-refractivity contribution in [1.82, 2.24) is 0 Å². The maximum absolute atomic E-state index is 10.6. The SMILES string of the molecule is C=Cc1c([N+](=O)[O-])cc(Br)cc1[N+](=O)[O-]. The summed E-state index contributed by atoms with van der Waals surface area (Å²) in [6, 6.07) is 2.40. The summed E-state index contributed by atoms with van der Waals surface area (Å²) in [6.07, 6.45) is 1.10. The summed E-state index contributed by atoms with van der Waals surface area (Å²) in [5.41, 5.74) is -0.773. The zero-order chi connectivity index (χ0) is 11.6. The van der Waals surface area contributed by atoms with Gasteiger partial charge in [0.15, 0.2) is 0 Å². The number of hydrogen-bond donors (Lipinski definition) is 0. The van der Waals surface area contributed by atoms with Crippen molar-refractivity contribution in [2.24, 2.45) is 0 Å². The fourth-order valence-electron chi connectivity index (χ4n) is 1.10. The van der Waals surface area contributed by atoms with Crippen molar-refractivity contribution < 1.29 is 9.85 Å². The standard InChI is InChI=1S/C8H5BrN2O4/c1-2-6-7(10(12)13)3-5(9)4-8(6)11(14)15/h2-4H,1H2. The van der Waals surface area contributed by atoms with Gasteiger partial charge >= 0.3 is 0 Å². The van der Waals surface area contributed by atoms with E-state index in [0.717, 1.165) is 6.08 Å². The minimum absolute atomic E-state index is 0.0896. The molecule has 15 heavy (non-hydrogen) atoms. The molecule has 0 heterocycles. The van der Waals surface area contributed by atoms with Crippen LogP contribution in [-0.2, 0) is 0 Å². The molecule has 6 nitrogen and oxygen atoms in total. The normalized spacial score (nSPS) is 9.67. The predicted octanol–water partition coefficient (Wildman–Crippen LogP) is 2.91. The smallest absolute Gasteiger partial charge is 0.258 e. The average Bonchev–Trinajstić information content (AvgIpc) is 2.16. The molecule has 78 valence electrons. The second-order valence-electron chi connectivity index (χ2n) is 2.58. The van der Waals surface area contributed by atoms with Gasteiger partial charge in [0.05, 0.1) is 9.85 Å². The second kappa shape index (κ2) is 4.18. The van der Waals surface area contributed by atoms with Gasteiger partial charge in [0.2, 0.25) is 0 Å². The topological polar surface area (TPSA) is 86.3 Å². The fraction of sp³-hybridized carbons (Fsp3) is 0. The van der Waals surface area contributed by atoms with Gasteiger partial charge < -0.3 is 0 Å². The Morgan fingerprint density at radius 2 is 1.60 bits per heavy atom. The van der Waals surface area contributed by atoms with E-state index in [1.165, 1.54) is 12.1 Å². The lowest BCUT2D eigenvalue weighted by atomic mass is 10.1. The molecule has 0 atom stereocenters. The number of rotatable bonds is 3. The molecule has 0 amide bonds. The Morgan fingerprint density at radius 3 is 1.87 bits per heavy atom. The molecule has 0 aromatic heterocycles. The van der Waals surface area contributed by atoms with E-state index in [-0.39, 0.29) is 21.4 Å². The number of nitro groups is 2. The lowest BCUT2D eigenvalue weighted by molar-refractivity contribution is -0.394. The van der Waals surface area contributed by atoms with Crippen LogP contribution < -0.4 is 0 Å². The van der Waals surface area contributed by atoms with E-state index >= 15 is 0 Å². The van der Waals surface area contributed by atoms with Crippen LogP contribution in [0.25, 0.3) is 6.08 Å². The van der Waals surface area contributed by atoms with Gasteiger partial charge in [-0.1, -0.05) is 22.5 Å². The molecular weight excluding hydrogens is 268 g/mol. The Morgan fingerprint density at radius 1 is 1.20 bits per heavy atom. The second-order valence-corrected chi connectivity index (χ2v) is 3.49. The van der Waals surface area contributed by atoms with Crippen molar-refractivity contribution in [2.75, 3.05) is 0 Å². The van der Waals surface area contributed by atoms with Crippen LogP contribution in [0.1, 0.15) is 5.56 Å². The Balaban J connectivity index is 3.59. The summed E-state index contributed by atoms with van der Waals surface area (Å²) in [5.74, 6) is 0. The zero-order valence-corrected chi connectivity index (χ0v) is 8.93. The lowest BCUT2D eigenvalue weighted by Gasteiger charge is -2.00. The predicted molar refractivity (Wildman–Crippen MR) is 57.5 cm³/mol. The van der Waals surface area contributed by atoms with Crippen LogP contribution in [0.5, 0.6) is 0 Å². The molecule has 0 aliphatic rings. The Labute approximate surface area is 92.6 Å². The number of benzene rings is 1. The number of nitro benzene ring substituents is 2. The summed E-state index contributed by atoms with van der Waals surface area (Å²) in [7, 11) is 0. The fourth-order valence-corrected chi connectivity index (χ4v) is 1.53. The minimum Gasteiger partial charge on any atom is -0.258 e. The van der Waals surface area contributed by atoms with E-state index in [1.54, 1.807) is 0 Å². The monoisotopic (exact) mass is 272 g/mol.